The molecule has 1 rings (SSSR count). The number of hydrogen-bond acceptors (Lipinski definition) is 5. The summed E-state index contributed by atoms with van der Waals surface area (Å²) >= 11 is 5.62. The molecule has 0 bridgehead atoms. The molecule has 0 spiro atoms. The Bertz CT molecular complexity index is 576. The van der Waals surface area contributed by atoms with Gasteiger partial charge in [0.1, 0.15) is 23.0 Å². The van der Waals surface area contributed by atoms with E-state index in [2.05, 4.69) is 10.3 Å². The Morgan fingerprint density at radius 3 is 2.62 bits per heavy atom. The third-order valence-corrected chi connectivity index (χ3v) is 2.81. The van der Waals surface area contributed by atoms with Crippen LogP contribution in [0.2, 0.25) is 5.15 Å². The average molecular weight is 316 g/mol. The van der Waals surface area contributed by atoms with E-state index in [0.717, 1.165) is 12.3 Å². The van der Waals surface area contributed by atoms with Crippen molar-refractivity contribution in [3.8, 4) is 0 Å². The van der Waals surface area contributed by atoms with Gasteiger partial charge in [-0.2, -0.15) is 0 Å². The van der Waals surface area contributed by atoms with Crippen molar-refractivity contribution >= 4 is 29.2 Å². The molecule has 0 aromatic carbocycles. The maximum Gasteiger partial charge on any atom is 0.326 e. The van der Waals surface area contributed by atoms with E-state index < -0.39 is 28.5 Å². The minimum Gasteiger partial charge on any atom is -0.480 e. The smallest absolute Gasteiger partial charge is 0.326 e. The fourth-order valence-electron chi connectivity index (χ4n) is 1.68. The fraction of sp³-hybridized carbons (Fsp3) is 0.417. The van der Waals surface area contributed by atoms with Gasteiger partial charge < -0.3 is 10.4 Å². The van der Waals surface area contributed by atoms with Gasteiger partial charge in [-0.3, -0.25) is 14.9 Å². The zero-order valence-corrected chi connectivity index (χ0v) is 12.1. The molecule has 8 nitrogen and oxygen atoms in total. The van der Waals surface area contributed by atoms with Crippen LogP contribution < -0.4 is 5.32 Å². The Balaban J connectivity index is 3.05. The Labute approximate surface area is 125 Å². The van der Waals surface area contributed by atoms with E-state index >= 15 is 0 Å². The van der Waals surface area contributed by atoms with Crippen molar-refractivity contribution in [2.24, 2.45) is 5.92 Å². The number of rotatable bonds is 6. The zero-order chi connectivity index (χ0) is 16.2. The van der Waals surface area contributed by atoms with Gasteiger partial charge in [-0.1, -0.05) is 25.4 Å². The normalized spacial score (nSPS) is 12.0. The molecule has 1 atom stereocenters. The number of aliphatic carboxylic acids is 1. The Hall–Kier alpha value is -2.22. The SMILES string of the molecule is CC(C)C[C@@H](NC(=O)c1cc(Cl)ncc1[N+](=O)[O-])C(=O)O. The molecule has 1 aromatic heterocycles. The molecule has 1 amide bonds. The topological polar surface area (TPSA) is 122 Å². The van der Waals surface area contributed by atoms with Crippen molar-refractivity contribution in [2.45, 2.75) is 26.3 Å². The average Bonchev–Trinajstić information content (AvgIpc) is 2.36. The number of pyridine rings is 1. The molecular weight excluding hydrogens is 302 g/mol. The number of carboxylic acids is 1. The number of amides is 1. The summed E-state index contributed by atoms with van der Waals surface area (Å²) in [6.07, 6.45) is 1.06. The Morgan fingerprint density at radius 1 is 1.52 bits per heavy atom. The number of nitro groups is 1. The summed E-state index contributed by atoms with van der Waals surface area (Å²) in [5, 5.41) is 22.1. The predicted molar refractivity (Wildman–Crippen MR) is 74.2 cm³/mol. The summed E-state index contributed by atoms with van der Waals surface area (Å²) in [6, 6.07) is -0.104. The molecule has 9 heteroatoms. The minimum atomic E-state index is -1.21. The van der Waals surface area contributed by atoms with E-state index in [4.69, 9.17) is 16.7 Å². The second-order valence-electron chi connectivity index (χ2n) is 4.78. The van der Waals surface area contributed by atoms with E-state index in [0.29, 0.717) is 0 Å². The number of halogens is 1. The van der Waals surface area contributed by atoms with Crippen LogP contribution in [0.1, 0.15) is 30.6 Å². The van der Waals surface area contributed by atoms with E-state index in [1.807, 2.05) is 0 Å². The summed E-state index contributed by atoms with van der Waals surface area (Å²) in [5.41, 5.74) is -0.861. The first-order valence-electron chi connectivity index (χ1n) is 6.06. The van der Waals surface area contributed by atoms with Gasteiger partial charge >= 0.3 is 5.97 Å². The zero-order valence-electron chi connectivity index (χ0n) is 11.4. The molecule has 0 fully saturated rings. The van der Waals surface area contributed by atoms with Crippen LogP contribution in [0.25, 0.3) is 0 Å². The van der Waals surface area contributed by atoms with Crippen molar-refractivity contribution in [3.63, 3.8) is 0 Å². The number of carbonyl (C=O) groups excluding carboxylic acids is 1. The van der Waals surface area contributed by atoms with Crippen LogP contribution in [-0.2, 0) is 4.79 Å². The van der Waals surface area contributed by atoms with Crippen LogP contribution in [0.5, 0.6) is 0 Å². The first kappa shape index (κ1) is 16.8. The molecule has 0 saturated carbocycles. The Kier molecular flexibility index (Phi) is 5.60. The quantitative estimate of drug-likeness (QED) is 0.469. The van der Waals surface area contributed by atoms with Gasteiger partial charge in [-0.15, -0.1) is 0 Å². The highest BCUT2D eigenvalue weighted by Crippen LogP contribution is 2.20. The van der Waals surface area contributed by atoms with Gasteiger partial charge in [0, 0.05) is 0 Å². The second kappa shape index (κ2) is 6.98. The van der Waals surface area contributed by atoms with E-state index in [1.54, 1.807) is 13.8 Å². The highest BCUT2D eigenvalue weighted by molar-refractivity contribution is 6.29. The summed E-state index contributed by atoms with van der Waals surface area (Å²) < 4.78 is 0. The number of hydrogen-bond donors (Lipinski definition) is 2. The summed E-state index contributed by atoms with van der Waals surface area (Å²) in [4.78, 5) is 36.8. The number of nitrogens with one attached hydrogen (secondary N) is 1. The van der Waals surface area contributed by atoms with Crippen LogP contribution in [0.4, 0.5) is 5.69 Å². The van der Waals surface area contributed by atoms with Gasteiger partial charge in [0.2, 0.25) is 0 Å². The molecule has 0 aliphatic carbocycles. The third kappa shape index (κ3) is 4.67. The first-order valence-corrected chi connectivity index (χ1v) is 6.43. The van der Waals surface area contributed by atoms with Crippen LogP contribution in [0.15, 0.2) is 12.3 Å². The predicted octanol–water partition coefficient (Wildman–Crippen LogP) is 1.87. The fourth-order valence-corrected chi connectivity index (χ4v) is 1.84. The van der Waals surface area contributed by atoms with Crippen LogP contribution in [0, 0.1) is 16.0 Å². The van der Waals surface area contributed by atoms with Gasteiger partial charge in [0.05, 0.1) is 4.92 Å². The highest BCUT2D eigenvalue weighted by atomic mass is 35.5. The molecule has 1 heterocycles. The van der Waals surface area contributed by atoms with Crippen molar-refractivity contribution in [1.29, 1.82) is 0 Å². The molecular formula is C12H14ClN3O5. The monoisotopic (exact) mass is 315 g/mol. The van der Waals surface area contributed by atoms with E-state index in [-0.39, 0.29) is 23.1 Å². The second-order valence-corrected chi connectivity index (χ2v) is 5.16. The molecule has 0 radical (unpaired) electrons. The first-order chi connectivity index (χ1) is 9.72. The summed E-state index contributed by atoms with van der Waals surface area (Å²) in [7, 11) is 0. The maximum atomic E-state index is 12.1. The summed E-state index contributed by atoms with van der Waals surface area (Å²) in [5.74, 6) is -2.05. The highest BCUT2D eigenvalue weighted by Gasteiger charge is 2.26. The molecule has 0 saturated heterocycles. The van der Waals surface area contributed by atoms with Crippen LogP contribution in [0.3, 0.4) is 0 Å². The number of aromatic nitrogens is 1. The summed E-state index contributed by atoms with van der Waals surface area (Å²) in [6.45, 7) is 3.60. The van der Waals surface area contributed by atoms with Crippen molar-refractivity contribution in [1.82, 2.24) is 10.3 Å². The molecule has 114 valence electrons. The number of carboxylic acid groups (broad SMARTS) is 1. The van der Waals surface area contributed by atoms with Crippen molar-refractivity contribution < 1.29 is 19.6 Å². The van der Waals surface area contributed by atoms with E-state index in [1.165, 1.54) is 0 Å². The molecule has 0 aliphatic heterocycles. The lowest BCUT2D eigenvalue weighted by molar-refractivity contribution is -0.385. The number of nitrogens with zero attached hydrogens (tertiary/aromatic N) is 2. The molecule has 2 N–H and O–H groups in total. The standard InChI is InChI=1S/C12H14ClN3O5/c1-6(2)3-8(12(18)19)15-11(17)7-4-10(13)14-5-9(7)16(20)21/h4-6,8H,3H2,1-2H3,(H,15,17)(H,18,19)/t8-/m1/s1. The van der Waals surface area contributed by atoms with Crippen molar-refractivity contribution in [3.05, 3.63) is 33.1 Å². The molecule has 1 aromatic rings. The molecule has 21 heavy (non-hydrogen) atoms. The Morgan fingerprint density at radius 2 is 2.14 bits per heavy atom. The van der Waals surface area contributed by atoms with Crippen molar-refractivity contribution in [2.75, 3.05) is 0 Å². The minimum absolute atomic E-state index is 0.0300. The van der Waals surface area contributed by atoms with Crippen LogP contribution in [-0.4, -0.2) is 32.9 Å². The van der Waals surface area contributed by atoms with E-state index in [9.17, 15) is 19.7 Å². The van der Waals surface area contributed by atoms with Crippen LogP contribution >= 0.6 is 11.6 Å². The lowest BCUT2D eigenvalue weighted by Crippen LogP contribution is -2.41. The maximum absolute atomic E-state index is 12.1. The lowest BCUT2D eigenvalue weighted by Gasteiger charge is -2.16. The van der Waals surface area contributed by atoms with Gasteiger partial charge in [0.15, 0.2) is 0 Å². The molecule has 0 aliphatic rings. The van der Waals surface area contributed by atoms with Gasteiger partial charge in [-0.05, 0) is 18.4 Å². The molecule has 0 unspecified atom stereocenters. The van der Waals surface area contributed by atoms with Gasteiger partial charge in [0.25, 0.3) is 11.6 Å². The number of carbonyl (C=O) groups is 2. The lowest BCUT2D eigenvalue weighted by atomic mass is 10.0. The van der Waals surface area contributed by atoms with Gasteiger partial charge in [-0.25, -0.2) is 9.78 Å². The largest absolute Gasteiger partial charge is 0.480 e. The third-order valence-electron chi connectivity index (χ3n) is 2.60.